The van der Waals surface area contributed by atoms with Gasteiger partial charge < -0.3 is 24.8 Å². The van der Waals surface area contributed by atoms with Crippen molar-refractivity contribution in [2.45, 2.75) is 90.9 Å². The van der Waals surface area contributed by atoms with Crippen LogP contribution in [0.1, 0.15) is 91.2 Å². The van der Waals surface area contributed by atoms with Gasteiger partial charge in [0.2, 0.25) is 0 Å². The van der Waals surface area contributed by atoms with Crippen molar-refractivity contribution in [1.82, 2.24) is 0 Å². The van der Waals surface area contributed by atoms with E-state index in [1.54, 1.807) is 27.4 Å². The monoisotopic (exact) mass is 584 g/mol. The summed E-state index contributed by atoms with van der Waals surface area (Å²) in [5.74, 6) is 0. The van der Waals surface area contributed by atoms with Gasteiger partial charge in [-0.2, -0.15) is 6.08 Å². The van der Waals surface area contributed by atoms with Crippen molar-refractivity contribution in [3.8, 4) is 0 Å². The van der Waals surface area contributed by atoms with Crippen molar-refractivity contribution in [3.63, 3.8) is 0 Å². The van der Waals surface area contributed by atoms with Gasteiger partial charge in [0.1, 0.15) is 0 Å². The average Bonchev–Trinajstić information content (AvgIpc) is 3.44. The van der Waals surface area contributed by atoms with Gasteiger partial charge in [-0.3, -0.25) is 6.08 Å². The standard InChI is InChI=1S/C21H25.C6H10.C5H5.2ClH.Zr/c1-20(2,3)16-9-7-14-11-15-8-10-17(21(4,5)6)13-19(15)18(14)12-16;1-2-4-6-5-3-1;1-2-4-5-3-1;;;/h7-13H,1-6H3;1-5H2;1-3H,4H2;2*1H;/q-1;;-1;;;+2/p-2. The van der Waals surface area contributed by atoms with Gasteiger partial charge in [0.25, 0.3) is 0 Å². The van der Waals surface area contributed by atoms with Crippen LogP contribution in [0.3, 0.4) is 0 Å². The first kappa shape index (κ1) is 32.2. The third-order valence-corrected chi connectivity index (χ3v) is 7.71. The summed E-state index contributed by atoms with van der Waals surface area (Å²) >= 11 is 1.69. The topological polar surface area (TPSA) is 0 Å². The second kappa shape index (κ2) is 14.2. The number of benzene rings is 2. The number of fused-ring (bicyclic) bond motifs is 3. The zero-order valence-electron chi connectivity index (χ0n) is 22.3. The summed E-state index contributed by atoms with van der Waals surface area (Å²) in [6.07, 6.45) is 17.3. The Morgan fingerprint density at radius 3 is 1.51 bits per heavy atom. The Balaban J connectivity index is 0.000000360. The minimum atomic E-state index is 0. The Bertz CT molecular complexity index is 1060. The molecular weight excluding hydrogens is 546 g/mol. The average molecular weight is 587 g/mol. The van der Waals surface area contributed by atoms with E-state index in [-0.39, 0.29) is 35.6 Å². The van der Waals surface area contributed by atoms with Crippen LogP contribution in [0.15, 0.2) is 60.7 Å². The summed E-state index contributed by atoms with van der Waals surface area (Å²) in [6.45, 7) is 13.7. The molecule has 0 unspecified atom stereocenters. The zero-order valence-corrected chi connectivity index (χ0v) is 26.2. The van der Waals surface area contributed by atoms with E-state index in [0.29, 0.717) is 0 Å². The molecule has 188 valence electrons. The van der Waals surface area contributed by atoms with Crippen LogP contribution in [-0.2, 0) is 35.1 Å². The molecular formula is C32H40Cl2Zr-2. The van der Waals surface area contributed by atoms with E-state index in [1.165, 1.54) is 64.8 Å². The van der Waals surface area contributed by atoms with Crippen molar-refractivity contribution in [3.05, 3.63) is 77.9 Å². The quantitative estimate of drug-likeness (QED) is 0.355. The number of rotatable bonds is 0. The molecule has 0 atom stereocenters. The molecule has 3 heteroatoms. The van der Waals surface area contributed by atoms with E-state index in [9.17, 15) is 0 Å². The third kappa shape index (κ3) is 9.50. The molecule has 0 bridgehead atoms. The summed E-state index contributed by atoms with van der Waals surface area (Å²) in [5.41, 5.74) is 3.20. The third-order valence-electron chi connectivity index (χ3n) is 6.48. The van der Waals surface area contributed by atoms with Crippen molar-refractivity contribution < 1.29 is 49.0 Å². The fraction of sp³-hybridized carbons (Fsp3) is 0.438. The van der Waals surface area contributed by atoms with Crippen LogP contribution < -0.4 is 24.8 Å². The summed E-state index contributed by atoms with van der Waals surface area (Å²) in [4.78, 5) is 0. The molecule has 0 spiro atoms. The number of hydrogen-bond acceptors (Lipinski definition) is 0. The van der Waals surface area contributed by atoms with Crippen molar-refractivity contribution in [1.29, 1.82) is 0 Å². The molecule has 2 aliphatic carbocycles. The summed E-state index contributed by atoms with van der Waals surface area (Å²) < 4.78 is 1.80. The number of allylic oxidation sites excluding steroid dienone is 4. The van der Waals surface area contributed by atoms with E-state index < -0.39 is 0 Å². The molecule has 2 aliphatic rings. The first-order chi connectivity index (χ1) is 15.6. The van der Waals surface area contributed by atoms with Gasteiger partial charge in [0, 0.05) is 0 Å². The van der Waals surface area contributed by atoms with Gasteiger partial charge >= 0.3 is 59.5 Å². The van der Waals surface area contributed by atoms with Crippen LogP contribution >= 0.6 is 0 Å². The molecule has 0 radical (unpaired) electrons. The Labute approximate surface area is 241 Å². The molecule has 0 aliphatic heterocycles. The molecule has 0 heterocycles. The molecule has 3 aromatic carbocycles. The van der Waals surface area contributed by atoms with Gasteiger partial charge in [0.05, 0.1) is 0 Å². The van der Waals surface area contributed by atoms with Crippen LogP contribution in [0.5, 0.6) is 0 Å². The minimum absolute atomic E-state index is 0. The number of hydrogen-bond donors (Lipinski definition) is 0. The predicted molar refractivity (Wildman–Crippen MR) is 144 cm³/mol. The fourth-order valence-electron chi connectivity index (χ4n) is 4.25. The van der Waals surface area contributed by atoms with E-state index in [0.717, 1.165) is 6.42 Å². The molecule has 1 fully saturated rings. The Kier molecular flexibility index (Phi) is 13.0. The van der Waals surface area contributed by atoms with Gasteiger partial charge in [-0.15, -0.1) is 46.2 Å². The zero-order chi connectivity index (χ0) is 24.1. The molecule has 3 aromatic rings. The van der Waals surface area contributed by atoms with Crippen molar-refractivity contribution in [2.75, 3.05) is 0 Å². The molecule has 0 amide bonds. The van der Waals surface area contributed by atoms with E-state index >= 15 is 0 Å². The van der Waals surface area contributed by atoms with Gasteiger partial charge in [-0.1, -0.05) is 76.9 Å². The van der Waals surface area contributed by atoms with E-state index in [4.69, 9.17) is 0 Å². The normalized spacial score (nSPS) is 15.0. The Hall–Kier alpha value is -0.877. The number of halogens is 2. The van der Waals surface area contributed by atoms with Crippen LogP contribution in [-0.4, -0.2) is 3.21 Å². The molecule has 1 saturated carbocycles. The molecule has 0 nitrogen and oxygen atoms in total. The van der Waals surface area contributed by atoms with E-state index in [2.05, 4.69) is 96.2 Å². The predicted octanol–water partition coefficient (Wildman–Crippen LogP) is 3.29. The molecule has 0 saturated heterocycles. The van der Waals surface area contributed by atoms with Crippen LogP contribution in [0.4, 0.5) is 0 Å². The summed E-state index contributed by atoms with van der Waals surface area (Å²) in [6, 6.07) is 16.1. The second-order valence-corrected chi connectivity index (χ2v) is 13.2. The van der Waals surface area contributed by atoms with Crippen molar-refractivity contribution in [2.24, 2.45) is 0 Å². The fourth-order valence-corrected chi connectivity index (χ4v) is 5.12. The maximum absolute atomic E-state index is 2.99. The Morgan fingerprint density at radius 1 is 0.743 bits per heavy atom. The van der Waals surface area contributed by atoms with Gasteiger partial charge in [-0.05, 0) is 10.8 Å². The first-order valence-electron chi connectivity index (χ1n) is 12.5. The molecule has 5 rings (SSSR count). The molecule has 0 aromatic heterocycles. The molecule has 0 N–H and O–H groups in total. The first-order valence-corrected chi connectivity index (χ1v) is 13.7. The molecule has 35 heavy (non-hydrogen) atoms. The second-order valence-electron chi connectivity index (χ2n) is 11.4. The summed E-state index contributed by atoms with van der Waals surface area (Å²) in [5, 5.41) is 5.49. The maximum atomic E-state index is 2.99. The van der Waals surface area contributed by atoms with Crippen LogP contribution in [0, 0.1) is 6.08 Å². The van der Waals surface area contributed by atoms with Crippen molar-refractivity contribution >= 4 is 24.8 Å². The summed E-state index contributed by atoms with van der Waals surface area (Å²) in [7, 11) is 0. The Morgan fingerprint density at radius 2 is 1.23 bits per heavy atom. The SMILES string of the molecule is CC(C)(C)c1ccc2[cH-]c3ccc(C(C)(C)C)cc3c2c1.[C-]1=CC=CC1.[Cl-].[Cl-].[Zr+2]=[C]1CCCCC1. The van der Waals surface area contributed by atoms with Gasteiger partial charge in [-0.25, -0.2) is 12.2 Å². The van der Waals surface area contributed by atoms with E-state index in [1.807, 2.05) is 12.2 Å². The van der Waals surface area contributed by atoms with Crippen LogP contribution in [0.2, 0.25) is 0 Å². The van der Waals surface area contributed by atoms with Crippen LogP contribution in [0.25, 0.3) is 21.5 Å². The van der Waals surface area contributed by atoms with Gasteiger partial charge in [0.15, 0.2) is 0 Å².